The van der Waals surface area contributed by atoms with E-state index in [1.165, 1.54) is 6.07 Å². The monoisotopic (exact) mass is 251 g/mol. The van der Waals surface area contributed by atoms with E-state index in [1.54, 1.807) is 0 Å². The second-order valence-electron chi connectivity index (χ2n) is 3.49. The van der Waals surface area contributed by atoms with Crippen LogP contribution in [0.15, 0.2) is 18.2 Å². The number of benzene rings is 1. The molecular weight excluding hydrogens is 243 g/mol. The van der Waals surface area contributed by atoms with E-state index in [4.69, 9.17) is 16.3 Å². The molecule has 1 aliphatic rings. The first-order valence-electron chi connectivity index (χ1n) is 4.73. The number of nitrogens with one attached hydrogen (secondary N) is 1. The Hall–Kier alpha value is -0.940. The summed E-state index contributed by atoms with van der Waals surface area (Å²) in [5, 5.41) is 2.94. The molecule has 2 nitrogen and oxygen atoms in total. The van der Waals surface area contributed by atoms with Gasteiger partial charge in [-0.2, -0.15) is 13.2 Å². The van der Waals surface area contributed by atoms with Crippen LogP contribution in [-0.4, -0.2) is 12.8 Å². The van der Waals surface area contributed by atoms with Crippen LogP contribution in [0.4, 0.5) is 13.2 Å². The Morgan fingerprint density at radius 3 is 2.50 bits per heavy atom. The van der Waals surface area contributed by atoms with Crippen LogP contribution in [0.1, 0.15) is 12.0 Å². The van der Waals surface area contributed by atoms with Crippen molar-refractivity contribution in [3.05, 3.63) is 28.8 Å². The van der Waals surface area contributed by atoms with E-state index in [1.807, 2.05) is 0 Å². The third kappa shape index (κ3) is 2.41. The van der Waals surface area contributed by atoms with Crippen LogP contribution in [0.2, 0.25) is 5.02 Å². The number of alkyl halides is 3. The first-order valence-corrected chi connectivity index (χ1v) is 5.11. The highest BCUT2D eigenvalue weighted by Gasteiger charge is 2.31. The average molecular weight is 252 g/mol. The van der Waals surface area contributed by atoms with E-state index in [-0.39, 0.29) is 17.0 Å². The fourth-order valence-electron chi connectivity index (χ4n) is 1.29. The molecule has 88 valence electrons. The number of halogens is 4. The van der Waals surface area contributed by atoms with Gasteiger partial charge in [-0.1, -0.05) is 11.6 Å². The van der Waals surface area contributed by atoms with Crippen molar-refractivity contribution in [2.75, 3.05) is 6.54 Å². The highest BCUT2D eigenvalue weighted by Crippen LogP contribution is 2.35. The Morgan fingerprint density at radius 1 is 1.38 bits per heavy atom. The lowest BCUT2D eigenvalue weighted by Crippen LogP contribution is -2.46. The van der Waals surface area contributed by atoms with Crippen molar-refractivity contribution in [2.45, 2.75) is 18.8 Å². The van der Waals surface area contributed by atoms with Crippen molar-refractivity contribution in [2.24, 2.45) is 0 Å². The molecule has 1 unspecified atom stereocenters. The van der Waals surface area contributed by atoms with E-state index in [2.05, 4.69) is 5.32 Å². The van der Waals surface area contributed by atoms with Crippen molar-refractivity contribution < 1.29 is 17.9 Å². The van der Waals surface area contributed by atoms with Gasteiger partial charge in [0, 0.05) is 13.0 Å². The maximum Gasteiger partial charge on any atom is 0.416 e. The van der Waals surface area contributed by atoms with Crippen LogP contribution in [-0.2, 0) is 6.18 Å². The summed E-state index contributed by atoms with van der Waals surface area (Å²) >= 11 is 5.71. The van der Waals surface area contributed by atoms with Gasteiger partial charge < -0.3 is 4.74 Å². The molecule has 6 heteroatoms. The van der Waals surface area contributed by atoms with Gasteiger partial charge in [0.15, 0.2) is 6.23 Å². The Bertz CT molecular complexity index is 390. The number of hydrogen-bond acceptors (Lipinski definition) is 2. The largest absolute Gasteiger partial charge is 0.474 e. The minimum atomic E-state index is -4.38. The van der Waals surface area contributed by atoms with Crippen molar-refractivity contribution in [1.29, 1.82) is 0 Å². The number of hydrogen-bond donors (Lipinski definition) is 1. The van der Waals surface area contributed by atoms with Crippen molar-refractivity contribution in [1.82, 2.24) is 5.32 Å². The standard InChI is InChI=1S/C10H9ClF3NO/c11-7-5-6(10(12,13)14)1-2-8(7)16-9-3-4-15-9/h1-2,5,9,15H,3-4H2. The fraction of sp³-hybridized carbons (Fsp3) is 0.400. The topological polar surface area (TPSA) is 21.3 Å². The molecule has 0 aliphatic carbocycles. The minimum Gasteiger partial charge on any atom is -0.474 e. The van der Waals surface area contributed by atoms with Gasteiger partial charge in [0.25, 0.3) is 0 Å². The Balaban J connectivity index is 2.15. The van der Waals surface area contributed by atoms with Gasteiger partial charge in [-0.3, -0.25) is 5.32 Å². The molecule has 1 aromatic carbocycles. The van der Waals surface area contributed by atoms with Crippen LogP contribution >= 0.6 is 11.6 Å². The summed E-state index contributed by atoms with van der Waals surface area (Å²) in [5.74, 6) is 0.270. The van der Waals surface area contributed by atoms with Crippen LogP contribution in [0.25, 0.3) is 0 Å². The third-order valence-electron chi connectivity index (χ3n) is 2.31. The maximum absolute atomic E-state index is 12.3. The van der Waals surface area contributed by atoms with Gasteiger partial charge >= 0.3 is 6.18 Å². The zero-order chi connectivity index (χ0) is 11.8. The molecule has 1 saturated heterocycles. The van der Waals surface area contributed by atoms with Gasteiger partial charge in [0.1, 0.15) is 5.75 Å². The van der Waals surface area contributed by atoms with Crippen LogP contribution in [0, 0.1) is 0 Å². The molecule has 0 aromatic heterocycles. The van der Waals surface area contributed by atoms with E-state index in [9.17, 15) is 13.2 Å². The lowest BCUT2D eigenvalue weighted by Gasteiger charge is -2.28. The first-order chi connectivity index (χ1) is 7.47. The van der Waals surface area contributed by atoms with Gasteiger partial charge in [-0.25, -0.2) is 0 Å². The highest BCUT2D eigenvalue weighted by atomic mass is 35.5. The summed E-state index contributed by atoms with van der Waals surface area (Å²) in [6.45, 7) is 0.850. The van der Waals surface area contributed by atoms with Gasteiger partial charge in [0.2, 0.25) is 0 Å². The zero-order valence-corrected chi connectivity index (χ0v) is 8.90. The van der Waals surface area contributed by atoms with E-state index in [0.29, 0.717) is 0 Å². The van der Waals surface area contributed by atoms with E-state index < -0.39 is 11.7 Å². The molecule has 0 spiro atoms. The van der Waals surface area contributed by atoms with Crippen molar-refractivity contribution >= 4 is 11.6 Å². The fourth-order valence-corrected chi connectivity index (χ4v) is 1.51. The lowest BCUT2D eigenvalue weighted by molar-refractivity contribution is -0.137. The molecule has 1 aliphatic heterocycles. The number of rotatable bonds is 2. The Kier molecular flexibility index (Phi) is 2.99. The van der Waals surface area contributed by atoms with E-state index >= 15 is 0 Å². The zero-order valence-electron chi connectivity index (χ0n) is 8.14. The van der Waals surface area contributed by atoms with Gasteiger partial charge in [-0.15, -0.1) is 0 Å². The summed E-state index contributed by atoms with van der Waals surface area (Å²) in [5.41, 5.74) is -0.772. The van der Waals surface area contributed by atoms with Gasteiger partial charge in [-0.05, 0) is 18.2 Å². The first kappa shape index (κ1) is 11.5. The molecule has 0 radical (unpaired) electrons. The second-order valence-corrected chi connectivity index (χ2v) is 3.90. The summed E-state index contributed by atoms with van der Waals surface area (Å²) in [4.78, 5) is 0. The Morgan fingerprint density at radius 2 is 2.06 bits per heavy atom. The lowest BCUT2D eigenvalue weighted by atomic mass is 10.2. The summed E-state index contributed by atoms with van der Waals surface area (Å²) in [7, 11) is 0. The van der Waals surface area contributed by atoms with Crippen LogP contribution in [0.3, 0.4) is 0 Å². The molecule has 2 rings (SSSR count). The molecule has 1 heterocycles. The Labute approximate surface area is 95.3 Å². The summed E-state index contributed by atoms with van der Waals surface area (Å²) in [6, 6.07) is 3.07. The maximum atomic E-state index is 12.3. The molecule has 1 fully saturated rings. The molecule has 0 saturated carbocycles. The molecule has 0 amide bonds. The number of ether oxygens (including phenoxy) is 1. The molecule has 16 heavy (non-hydrogen) atoms. The summed E-state index contributed by atoms with van der Waals surface area (Å²) in [6.07, 6.45) is -3.69. The summed E-state index contributed by atoms with van der Waals surface area (Å²) < 4.78 is 42.3. The third-order valence-corrected chi connectivity index (χ3v) is 2.60. The van der Waals surface area contributed by atoms with Gasteiger partial charge in [0.05, 0.1) is 10.6 Å². The minimum absolute atomic E-state index is 0.0245. The van der Waals surface area contributed by atoms with Crippen LogP contribution in [0.5, 0.6) is 5.75 Å². The average Bonchev–Trinajstić information content (AvgIpc) is 2.11. The molecule has 1 aromatic rings. The molecule has 1 atom stereocenters. The van der Waals surface area contributed by atoms with Crippen molar-refractivity contribution in [3.63, 3.8) is 0 Å². The highest BCUT2D eigenvalue weighted by molar-refractivity contribution is 6.32. The molecule has 0 bridgehead atoms. The normalized spacial score (nSPS) is 20.4. The predicted molar refractivity (Wildman–Crippen MR) is 53.5 cm³/mol. The smallest absolute Gasteiger partial charge is 0.416 e. The SMILES string of the molecule is FC(F)(F)c1ccc(OC2CCN2)c(Cl)c1. The predicted octanol–water partition coefficient (Wildman–Crippen LogP) is 3.06. The van der Waals surface area contributed by atoms with Crippen molar-refractivity contribution in [3.8, 4) is 5.75 Å². The van der Waals surface area contributed by atoms with E-state index in [0.717, 1.165) is 25.1 Å². The molecule has 1 N–H and O–H groups in total. The second kappa shape index (κ2) is 4.14. The quantitative estimate of drug-likeness (QED) is 0.872. The molecular formula is C10H9ClF3NO. The van der Waals surface area contributed by atoms with Crippen LogP contribution < -0.4 is 10.1 Å².